The van der Waals surface area contributed by atoms with Crippen LogP contribution >= 0.6 is 0 Å². The standard InChI is InChI=1S/C13H16N2O2/c1-13(2,8-14)17-10-5-3-9-4-6-12(16)15-11(9)7-10/h3-7H,8,14H2,1-2H3,(H,15,16). The fourth-order valence-corrected chi connectivity index (χ4v) is 1.55. The Balaban J connectivity index is 2.40. The molecule has 90 valence electrons. The second-order valence-electron chi connectivity index (χ2n) is 4.64. The SMILES string of the molecule is CC(C)(CN)Oc1ccc2ccc(=O)[nH]c2c1. The van der Waals surface area contributed by atoms with Gasteiger partial charge in [0.15, 0.2) is 0 Å². The number of hydrogen-bond donors (Lipinski definition) is 2. The molecule has 3 N–H and O–H groups in total. The maximum absolute atomic E-state index is 11.2. The average Bonchev–Trinajstić information content (AvgIpc) is 2.28. The first-order chi connectivity index (χ1) is 8.00. The third kappa shape index (κ3) is 2.65. The molecule has 0 aliphatic carbocycles. The minimum Gasteiger partial charge on any atom is -0.486 e. The van der Waals surface area contributed by atoms with Gasteiger partial charge in [-0.1, -0.05) is 0 Å². The van der Waals surface area contributed by atoms with Crippen molar-refractivity contribution in [2.75, 3.05) is 6.54 Å². The lowest BCUT2D eigenvalue weighted by atomic mass is 10.1. The van der Waals surface area contributed by atoms with E-state index in [1.807, 2.05) is 32.0 Å². The summed E-state index contributed by atoms with van der Waals surface area (Å²) < 4.78 is 5.75. The summed E-state index contributed by atoms with van der Waals surface area (Å²) in [7, 11) is 0. The van der Waals surface area contributed by atoms with Crippen LogP contribution in [0.4, 0.5) is 0 Å². The normalized spacial score (nSPS) is 11.7. The van der Waals surface area contributed by atoms with Crippen molar-refractivity contribution >= 4 is 10.9 Å². The molecule has 4 heteroatoms. The van der Waals surface area contributed by atoms with Gasteiger partial charge in [-0.25, -0.2) is 0 Å². The number of pyridine rings is 1. The number of ether oxygens (including phenoxy) is 1. The zero-order valence-corrected chi connectivity index (χ0v) is 9.99. The van der Waals surface area contributed by atoms with Crippen molar-refractivity contribution in [1.82, 2.24) is 4.98 Å². The molecule has 0 fully saturated rings. The zero-order valence-electron chi connectivity index (χ0n) is 9.99. The topological polar surface area (TPSA) is 68.1 Å². The molecule has 0 amide bonds. The van der Waals surface area contributed by atoms with E-state index in [1.165, 1.54) is 6.07 Å². The largest absolute Gasteiger partial charge is 0.486 e. The van der Waals surface area contributed by atoms with Gasteiger partial charge in [-0.2, -0.15) is 0 Å². The Labute approximate surface area is 99.4 Å². The number of rotatable bonds is 3. The van der Waals surface area contributed by atoms with Crippen LogP contribution in [-0.4, -0.2) is 17.1 Å². The molecule has 4 nitrogen and oxygen atoms in total. The Morgan fingerprint density at radius 3 is 2.71 bits per heavy atom. The summed E-state index contributed by atoms with van der Waals surface area (Å²) in [5, 5.41) is 0.975. The lowest BCUT2D eigenvalue weighted by Crippen LogP contribution is -2.37. The number of hydrogen-bond acceptors (Lipinski definition) is 3. The van der Waals surface area contributed by atoms with E-state index in [9.17, 15) is 4.79 Å². The summed E-state index contributed by atoms with van der Waals surface area (Å²) in [5.41, 5.74) is 5.84. The first kappa shape index (κ1) is 11.7. The lowest BCUT2D eigenvalue weighted by Gasteiger charge is -2.24. The van der Waals surface area contributed by atoms with Crippen LogP contribution in [-0.2, 0) is 0 Å². The fraction of sp³-hybridized carbons (Fsp3) is 0.308. The highest BCUT2D eigenvalue weighted by atomic mass is 16.5. The van der Waals surface area contributed by atoms with Crippen LogP contribution in [0.2, 0.25) is 0 Å². The van der Waals surface area contributed by atoms with Crippen molar-refractivity contribution in [1.29, 1.82) is 0 Å². The highest BCUT2D eigenvalue weighted by Gasteiger charge is 2.17. The Morgan fingerprint density at radius 1 is 1.29 bits per heavy atom. The van der Waals surface area contributed by atoms with Crippen LogP contribution in [0.1, 0.15) is 13.8 Å². The van der Waals surface area contributed by atoms with E-state index in [0.717, 1.165) is 10.9 Å². The molecule has 1 heterocycles. The van der Waals surface area contributed by atoms with Crippen molar-refractivity contribution in [3.63, 3.8) is 0 Å². The maximum Gasteiger partial charge on any atom is 0.248 e. The van der Waals surface area contributed by atoms with Crippen LogP contribution in [0.25, 0.3) is 10.9 Å². The van der Waals surface area contributed by atoms with Gasteiger partial charge in [0.2, 0.25) is 5.56 Å². The van der Waals surface area contributed by atoms with Gasteiger partial charge in [0, 0.05) is 18.7 Å². The molecule has 0 aliphatic rings. The Hall–Kier alpha value is -1.81. The zero-order chi connectivity index (χ0) is 12.5. The van der Waals surface area contributed by atoms with E-state index < -0.39 is 5.60 Å². The second-order valence-corrected chi connectivity index (χ2v) is 4.64. The van der Waals surface area contributed by atoms with Crippen LogP contribution in [0.5, 0.6) is 5.75 Å². The fourth-order valence-electron chi connectivity index (χ4n) is 1.55. The Bertz CT molecular complexity index is 587. The summed E-state index contributed by atoms with van der Waals surface area (Å²) in [4.78, 5) is 14.0. The number of fused-ring (bicyclic) bond motifs is 1. The minimum absolute atomic E-state index is 0.118. The molecule has 0 bridgehead atoms. The van der Waals surface area contributed by atoms with Gasteiger partial charge in [-0.05, 0) is 37.4 Å². The molecule has 0 saturated heterocycles. The number of aromatic nitrogens is 1. The predicted octanol–water partition coefficient (Wildman–Crippen LogP) is 1.64. The smallest absolute Gasteiger partial charge is 0.248 e. The van der Waals surface area contributed by atoms with Crippen LogP contribution in [0, 0.1) is 0 Å². The molecule has 2 aromatic rings. The second kappa shape index (κ2) is 4.22. The molecule has 0 unspecified atom stereocenters. The summed E-state index contributed by atoms with van der Waals surface area (Å²) in [6, 6.07) is 8.89. The molecule has 0 radical (unpaired) electrons. The van der Waals surface area contributed by atoms with Gasteiger partial charge in [-0.15, -0.1) is 0 Å². The molecule has 0 saturated carbocycles. The summed E-state index contributed by atoms with van der Waals surface area (Å²) in [5.74, 6) is 0.704. The van der Waals surface area contributed by atoms with Gasteiger partial charge in [0.05, 0.1) is 5.52 Å². The van der Waals surface area contributed by atoms with E-state index in [4.69, 9.17) is 10.5 Å². The van der Waals surface area contributed by atoms with E-state index in [1.54, 1.807) is 6.07 Å². The average molecular weight is 232 g/mol. The number of nitrogens with two attached hydrogens (primary N) is 1. The number of nitrogens with one attached hydrogen (secondary N) is 1. The van der Waals surface area contributed by atoms with Crippen molar-refractivity contribution in [2.24, 2.45) is 5.73 Å². The van der Waals surface area contributed by atoms with Crippen LogP contribution in [0.15, 0.2) is 35.1 Å². The van der Waals surface area contributed by atoms with Gasteiger partial charge < -0.3 is 15.5 Å². The Morgan fingerprint density at radius 2 is 2.00 bits per heavy atom. The lowest BCUT2D eigenvalue weighted by molar-refractivity contribution is 0.119. The quantitative estimate of drug-likeness (QED) is 0.845. The van der Waals surface area contributed by atoms with E-state index in [0.29, 0.717) is 12.3 Å². The van der Waals surface area contributed by atoms with Crippen LogP contribution < -0.4 is 16.0 Å². The first-order valence-corrected chi connectivity index (χ1v) is 5.52. The van der Waals surface area contributed by atoms with Crippen LogP contribution in [0.3, 0.4) is 0 Å². The minimum atomic E-state index is -0.414. The maximum atomic E-state index is 11.2. The molecule has 1 aromatic heterocycles. The third-order valence-corrected chi connectivity index (χ3v) is 2.58. The van der Waals surface area contributed by atoms with Gasteiger partial charge in [-0.3, -0.25) is 4.79 Å². The first-order valence-electron chi connectivity index (χ1n) is 5.52. The molecule has 2 rings (SSSR count). The molecule has 1 aromatic carbocycles. The van der Waals surface area contributed by atoms with Gasteiger partial charge >= 0.3 is 0 Å². The molecular formula is C13H16N2O2. The van der Waals surface area contributed by atoms with Gasteiger partial charge in [0.1, 0.15) is 11.4 Å². The monoisotopic (exact) mass is 232 g/mol. The van der Waals surface area contributed by atoms with E-state index >= 15 is 0 Å². The molecule has 17 heavy (non-hydrogen) atoms. The van der Waals surface area contributed by atoms with E-state index in [-0.39, 0.29) is 5.56 Å². The van der Waals surface area contributed by atoms with Crippen molar-refractivity contribution in [3.8, 4) is 5.75 Å². The summed E-state index contributed by atoms with van der Waals surface area (Å²) >= 11 is 0. The number of aromatic amines is 1. The molecular weight excluding hydrogens is 216 g/mol. The highest BCUT2D eigenvalue weighted by molar-refractivity contribution is 5.79. The number of benzene rings is 1. The number of H-pyrrole nitrogens is 1. The van der Waals surface area contributed by atoms with Crippen molar-refractivity contribution in [3.05, 3.63) is 40.7 Å². The van der Waals surface area contributed by atoms with Crippen molar-refractivity contribution < 1.29 is 4.74 Å². The summed E-state index contributed by atoms with van der Waals surface area (Å²) in [6.07, 6.45) is 0. The van der Waals surface area contributed by atoms with Crippen molar-refractivity contribution in [2.45, 2.75) is 19.4 Å². The molecule has 0 spiro atoms. The highest BCUT2D eigenvalue weighted by Crippen LogP contribution is 2.21. The molecule has 0 aliphatic heterocycles. The van der Waals surface area contributed by atoms with E-state index in [2.05, 4.69) is 4.98 Å². The summed E-state index contributed by atoms with van der Waals surface area (Å²) in [6.45, 7) is 4.27. The molecule has 0 atom stereocenters. The Kier molecular flexibility index (Phi) is 2.90. The van der Waals surface area contributed by atoms with Gasteiger partial charge in [0.25, 0.3) is 0 Å². The third-order valence-electron chi connectivity index (χ3n) is 2.58. The predicted molar refractivity (Wildman–Crippen MR) is 68.3 cm³/mol.